The lowest BCUT2D eigenvalue weighted by atomic mass is 10.0. The molecule has 1 N–H and O–H groups in total. The number of fused-ring (bicyclic) bond motifs is 1. The van der Waals surface area contributed by atoms with Gasteiger partial charge in [0.25, 0.3) is 5.91 Å². The second-order valence-electron chi connectivity index (χ2n) is 6.56. The second-order valence-corrected chi connectivity index (χ2v) is 6.56. The van der Waals surface area contributed by atoms with Crippen molar-refractivity contribution in [3.05, 3.63) is 30.2 Å². The van der Waals surface area contributed by atoms with Crippen molar-refractivity contribution in [3.63, 3.8) is 0 Å². The lowest BCUT2D eigenvalue weighted by Crippen LogP contribution is -2.47. The van der Waals surface area contributed by atoms with Gasteiger partial charge in [0.2, 0.25) is 5.89 Å². The van der Waals surface area contributed by atoms with Gasteiger partial charge in [-0.1, -0.05) is 12.1 Å². The highest BCUT2D eigenvalue weighted by molar-refractivity contribution is 5.81. The van der Waals surface area contributed by atoms with Gasteiger partial charge in [-0.15, -0.1) is 0 Å². The maximum atomic E-state index is 12.3. The summed E-state index contributed by atoms with van der Waals surface area (Å²) in [6.07, 6.45) is 3.58. The van der Waals surface area contributed by atoms with Crippen LogP contribution in [0.25, 0.3) is 11.1 Å². The molecule has 2 aromatic rings. The summed E-state index contributed by atoms with van der Waals surface area (Å²) in [6, 6.07) is 8.20. The second kappa shape index (κ2) is 6.91. The average Bonchev–Trinajstić information content (AvgIpc) is 3.29. The zero-order valence-electron chi connectivity index (χ0n) is 13.7. The highest BCUT2D eigenvalue weighted by Gasteiger charge is 2.30. The molecule has 0 unspecified atom stereocenters. The first kappa shape index (κ1) is 15.6. The Morgan fingerprint density at radius 3 is 2.83 bits per heavy atom. The predicted molar refractivity (Wildman–Crippen MR) is 89.4 cm³/mol. The number of amides is 1. The Hall–Kier alpha value is -1.92. The van der Waals surface area contributed by atoms with Gasteiger partial charge in [-0.2, -0.15) is 0 Å². The molecule has 0 saturated carbocycles. The Balaban J connectivity index is 1.26. The number of piperidine rings is 1. The molecule has 1 aromatic carbocycles. The lowest BCUT2D eigenvalue weighted by molar-refractivity contribution is -0.142. The highest BCUT2D eigenvalue weighted by atomic mass is 16.5. The summed E-state index contributed by atoms with van der Waals surface area (Å²) in [5, 5.41) is 3.50. The van der Waals surface area contributed by atoms with Crippen molar-refractivity contribution in [2.24, 2.45) is 0 Å². The molecule has 2 saturated heterocycles. The van der Waals surface area contributed by atoms with Gasteiger partial charge in [-0.05, 0) is 37.8 Å². The van der Waals surface area contributed by atoms with Crippen molar-refractivity contribution in [1.29, 1.82) is 0 Å². The van der Waals surface area contributed by atoms with Crippen LogP contribution in [0, 0.1) is 0 Å². The maximum absolute atomic E-state index is 12.3. The van der Waals surface area contributed by atoms with Crippen molar-refractivity contribution >= 4 is 17.0 Å². The number of carbonyl (C=O) groups excluding carboxylic acids is 1. The molecule has 2 aliphatic heterocycles. The number of nitrogens with one attached hydrogen (secondary N) is 1. The summed E-state index contributed by atoms with van der Waals surface area (Å²) in [5.74, 6) is 0.888. The van der Waals surface area contributed by atoms with Crippen LogP contribution in [0.4, 0.5) is 0 Å². The Bertz CT molecular complexity index is 667. The van der Waals surface area contributed by atoms with Gasteiger partial charge in [0, 0.05) is 25.7 Å². The largest absolute Gasteiger partial charge is 0.439 e. The minimum atomic E-state index is -0.200. The summed E-state index contributed by atoms with van der Waals surface area (Å²) < 4.78 is 11.2. The average molecular weight is 329 g/mol. The molecule has 0 aliphatic carbocycles. The minimum Gasteiger partial charge on any atom is -0.439 e. The van der Waals surface area contributed by atoms with Crippen LogP contribution in [-0.4, -0.2) is 47.6 Å². The third-order valence-electron chi connectivity index (χ3n) is 4.89. The number of aromatic nitrogens is 1. The Morgan fingerprint density at radius 2 is 2.08 bits per heavy atom. The van der Waals surface area contributed by atoms with E-state index in [9.17, 15) is 4.79 Å². The predicted octanol–water partition coefficient (Wildman–Crippen LogP) is 2.09. The molecular weight excluding hydrogens is 306 g/mol. The molecule has 128 valence electrons. The van der Waals surface area contributed by atoms with E-state index in [2.05, 4.69) is 10.3 Å². The number of ether oxygens (including phenoxy) is 1. The van der Waals surface area contributed by atoms with Crippen LogP contribution < -0.4 is 5.32 Å². The van der Waals surface area contributed by atoms with Gasteiger partial charge in [0.05, 0.1) is 6.54 Å². The normalized spacial score (nSPS) is 22.3. The Morgan fingerprint density at radius 1 is 1.25 bits per heavy atom. The number of benzene rings is 1. The fraction of sp³-hybridized carbons (Fsp3) is 0.556. The number of para-hydroxylation sites is 2. The topological polar surface area (TPSA) is 67.6 Å². The summed E-state index contributed by atoms with van der Waals surface area (Å²) in [5.41, 5.74) is 1.72. The monoisotopic (exact) mass is 329 g/mol. The summed E-state index contributed by atoms with van der Waals surface area (Å²) in [4.78, 5) is 18.8. The van der Waals surface area contributed by atoms with E-state index in [0.29, 0.717) is 18.5 Å². The van der Waals surface area contributed by atoms with Crippen LogP contribution in [-0.2, 0) is 16.1 Å². The minimum absolute atomic E-state index is 0.171. The molecule has 4 rings (SSSR count). The number of oxazole rings is 1. The number of hydrogen-bond acceptors (Lipinski definition) is 5. The van der Waals surface area contributed by atoms with E-state index in [1.54, 1.807) is 0 Å². The fourth-order valence-electron chi connectivity index (χ4n) is 3.51. The van der Waals surface area contributed by atoms with E-state index < -0.39 is 0 Å². The standard InChI is InChI=1S/C18H23N3O3/c22-18(16-6-3-11-23-16)21-9-7-13(8-10-21)19-12-17-20-14-4-1-2-5-15(14)24-17/h1-2,4-5,13,16,19H,3,6-12H2/t16-/m0/s1. The fourth-order valence-corrected chi connectivity index (χ4v) is 3.51. The van der Waals surface area contributed by atoms with Crippen LogP contribution in [0.15, 0.2) is 28.7 Å². The Kier molecular flexibility index (Phi) is 4.49. The van der Waals surface area contributed by atoms with Crippen LogP contribution >= 0.6 is 0 Å². The molecule has 2 fully saturated rings. The molecular formula is C18H23N3O3. The van der Waals surface area contributed by atoms with Crippen molar-refractivity contribution in [1.82, 2.24) is 15.2 Å². The molecule has 0 radical (unpaired) electrons. The van der Waals surface area contributed by atoms with Gasteiger partial charge < -0.3 is 19.4 Å². The molecule has 1 atom stereocenters. The van der Waals surface area contributed by atoms with Crippen LogP contribution in [0.1, 0.15) is 31.6 Å². The van der Waals surface area contributed by atoms with Crippen molar-refractivity contribution in [2.75, 3.05) is 19.7 Å². The molecule has 6 nitrogen and oxygen atoms in total. The molecule has 6 heteroatoms. The van der Waals surface area contributed by atoms with E-state index in [-0.39, 0.29) is 12.0 Å². The van der Waals surface area contributed by atoms with Crippen molar-refractivity contribution in [3.8, 4) is 0 Å². The summed E-state index contributed by atoms with van der Waals surface area (Å²) in [7, 11) is 0. The molecule has 0 spiro atoms. The van der Waals surface area contributed by atoms with Crippen molar-refractivity contribution in [2.45, 2.75) is 44.4 Å². The molecule has 1 aromatic heterocycles. The van der Waals surface area contributed by atoms with Crippen LogP contribution in [0.3, 0.4) is 0 Å². The molecule has 2 aliphatic rings. The zero-order chi connectivity index (χ0) is 16.4. The highest BCUT2D eigenvalue weighted by Crippen LogP contribution is 2.19. The smallest absolute Gasteiger partial charge is 0.251 e. The van der Waals surface area contributed by atoms with Gasteiger partial charge in [0.15, 0.2) is 5.58 Å². The van der Waals surface area contributed by atoms with Gasteiger partial charge >= 0.3 is 0 Å². The third kappa shape index (κ3) is 3.30. The first-order valence-corrected chi connectivity index (χ1v) is 8.78. The SMILES string of the molecule is O=C([C@@H]1CCCO1)N1CCC(NCc2nc3ccccc3o2)CC1. The van der Waals surface area contributed by atoms with Crippen LogP contribution in [0.2, 0.25) is 0 Å². The zero-order valence-corrected chi connectivity index (χ0v) is 13.7. The quantitative estimate of drug-likeness (QED) is 0.930. The summed E-state index contributed by atoms with van der Waals surface area (Å²) in [6.45, 7) is 2.94. The Labute approximate surface area is 141 Å². The third-order valence-corrected chi connectivity index (χ3v) is 4.89. The number of carbonyl (C=O) groups is 1. The lowest BCUT2D eigenvalue weighted by Gasteiger charge is -2.33. The van der Waals surface area contributed by atoms with E-state index in [4.69, 9.17) is 9.15 Å². The van der Waals surface area contributed by atoms with Gasteiger partial charge in [0.1, 0.15) is 11.6 Å². The van der Waals surface area contributed by atoms with E-state index in [1.165, 1.54) is 0 Å². The van der Waals surface area contributed by atoms with E-state index >= 15 is 0 Å². The van der Waals surface area contributed by atoms with E-state index in [1.807, 2.05) is 29.2 Å². The maximum Gasteiger partial charge on any atom is 0.251 e. The van der Waals surface area contributed by atoms with Crippen LogP contribution in [0.5, 0.6) is 0 Å². The summed E-state index contributed by atoms with van der Waals surface area (Å²) >= 11 is 0. The number of likely N-dealkylation sites (tertiary alicyclic amines) is 1. The van der Waals surface area contributed by atoms with Gasteiger partial charge in [-0.25, -0.2) is 4.98 Å². The van der Waals surface area contributed by atoms with E-state index in [0.717, 1.165) is 56.5 Å². The number of hydrogen-bond donors (Lipinski definition) is 1. The first-order valence-electron chi connectivity index (χ1n) is 8.78. The van der Waals surface area contributed by atoms with Crippen molar-refractivity contribution < 1.29 is 13.9 Å². The number of rotatable bonds is 4. The molecule has 3 heterocycles. The number of nitrogens with zero attached hydrogens (tertiary/aromatic N) is 2. The molecule has 0 bridgehead atoms. The van der Waals surface area contributed by atoms with Gasteiger partial charge in [-0.3, -0.25) is 4.79 Å². The first-order chi connectivity index (χ1) is 11.8. The molecule has 1 amide bonds. The molecule has 24 heavy (non-hydrogen) atoms.